The molecule has 0 N–H and O–H groups in total. The molecule has 0 amide bonds. The van der Waals surface area contributed by atoms with E-state index in [4.69, 9.17) is 9.15 Å². The molecule has 0 aliphatic carbocycles. The predicted octanol–water partition coefficient (Wildman–Crippen LogP) is 3.46. The summed E-state index contributed by atoms with van der Waals surface area (Å²) in [7, 11) is 3.30. The Hall–Kier alpha value is -2.54. The molecule has 0 radical (unpaired) electrons. The molecule has 0 spiro atoms. The van der Waals surface area contributed by atoms with Crippen LogP contribution >= 0.6 is 11.8 Å². The van der Waals surface area contributed by atoms with Crippen LogP contribution < -0.4 is 0 Å². The fraction of sp³-hybridized carbons (Fsp3) is 0.235. The van der Waals surface area contributed by atoms with Gasteiger partial charge >= 0.3 is 5.97 Å². The lowest BCUT2D eigenvalue weighted by atomic mass is 10.1. The number of ether oxygens (including phenoxy) is 1. The zero-order chi connectivity index (χ0) is 17.1. The molecule has 0 saturated heterocycles. The van der Waals surface area contributed by atoms with Crippen LogP contribution in [0.2, 0.25) is 0 Å². The molecule has 0 aliphatic heterocycles. The molecule has 2 heterocycles. The Morgan fingerprint density at radius 3 is 2.88 bits per heavy atom. The molecule has 6 nitrogen and oxygen atoms in total. The number of carbonyl (C=O) groups is 1. The van der Waals surface area contributed by atoms with Crippen molar-refractivity contribution in [3.8, 4) is 11.4 Å². The van der Waals surface area contributed by atoms with Gasteiger partial charge in [-0.1, -0.05) is 23.9 Å². The summed E-state index contributed by atoms with van der Waals surface area (Å²) in [5.41, 5.74) is 2.50. The summed E-state index contributed by atoms with van der Waals surface area (Å²) in [5, 5.41) is 9.29. The highest BCUT2D eigenvalue weighted by Gasteiger charge is 2.15. The van der Waals surface area contributed by atoms with Crippen LogP contribution in [0.15, 0.2) is 46.2 Å². The number of furan rings is 1. The Balaban J connectivity index is 1.75. The summed E-state index contributed by atoms with van der Waals surface area (Å²) in [6, 6.07) is 9.27. The minimum absolute atomic E-state index is 0.335. The SMILES string of the molecule is COC(=O)c1cccc(CSc2nnc(-c3ccoc3C)n2C)c1. The maximum Gasteiger partial charge on any atom is 0.337 e. The van der Waals surface area contributed by atoms with E-state index in [0.717, 1.165) is 27.9 Å². The van der Waals surface area contributed by atoms with Crippen molar-refractivity contribution in [2.75, 3.05) is 7.11 Å². The quantitative estimate of drug-likeness (QED) is 0.522. The van der Waals surface area contributed by atoms with E-state index >= 15 is 0 Å². The van der Waals surface area contributed by atoms with E-state index in [-0.39, 0.29) is 5.97 Å². The first-order chi connectivity index (χ1) is 11.6. The van der Waals surface area contributed by atoms with E-state index in [1.807, 2.05) is 42.8 Å². The number of thioether (sulfide) groups is 1. The number of nitrogens with zero attached hydrogens (tertiary/aromatic N) is 3. The molecule has 124 valence electrons. The number of aryl methyl sites for hydroxylation is 1. The van der Waals surface area contributed by atoms with Crippen molar-refractivity contribution >= 4 is 17.7 Å². The number of rotatable bonds is 5. The fourth-order valence-electron chi connectivity index (χ4n) is 2.35. The Morgan fingerprint density at radius 2 is 2.17 bits per heavy atom. The van der Waals surface area contributed by atoms with Gasteiger partial charge in [0, 0.05) is 12.8 Å². The van der Waals surface area contributed by atoms with Gasteiger partial charge in [-0.3, -0.25) is 0 Å². The van der Waals surface area contributed by atoms with Crippen molar-refractivity contribution in [3.05, 3.63) is 53.5 Å². The average Bonchev–Trinajstić information content (AvgIpc) is 3.18. The van der Waals surface area contributed by atoms with Crippen LogP contribution in [0.4, 0.5) is 0 Å². The highest BCUT2D eigenvalue weighted by Crippen LogP contribution is 2.27. The lowest BCUT2D eigenvalue weighted by molar-refractivity contribution is 0.0600. The highest BCUT2D eigenvalue weighted by molar-refractivity contribution is 7.98. The average molecular weight is 343 g/mol. The third-order valence-electron chi connectivity index (χ3n) is 3.65. The van der Waals surface area contributed by atoms with Crippen LogP contribution in [0.25, 0.3) is 11.4 Å². The van der Waals surface area contributed by atoms with Gasteiger partial charge in [-0.15, -0.1) is 10.2 Å². The minimum Gasteiger partial charge on any atom is -0.469 e. The number of aromatic nitrogens is 3. The molecule has 0 aliphatic rings. The second kappa shape index (κ2) is 6.92. The number of hydrogen-bond donors (Lipinski definition) is 0. The second-order valence-corrected chi connectivity index (χ2v) is 6.18. The Bertz CT molecular complexity index is 870. The van der Waals surface area contributed by atoms with E-state index in [1.165, 1.54) is 7.11 Å². The molecule has 0 saturated carbocycles. The van der Waals surface area contributed by atoms with Gasteiger partial charge < -0.3 is 13.7 Å². The number of carbonyl (C=O) groups excluding carboxylic acids is 1. The van der Waals surface area contributed by atoms with Crippen molar-refractivity contribution in [1.29, 1.82) is 0 Å². The lowest BCUT2D eigenvalue weighted by Gasteiger charge is -2.05. The van der Waals surface area contributed by atoms with Gasteiger partial charge in [0.2, 0.25) is 0 Å². The standard InChI is InChI=1S/C17H17N3O3S/c1-11-14(7-8-23-11)15-18-19-17(20(15)2)24-10-12-5-4-6-13(9-12)16(21)22-3/h4-9H,10H2,1-3H3. The second-order valence-electron chi connectivity index (χ2n) is 5.24. The van der Waals surface area contributed by atoms with E-state index in [0.29, 0.717) is 11.3 Å². The van der Waals surface area contributed by atoms with Crippen LogP contribution in [0, 0.1) is 6.92 Å². The van der Waals surface area contributed by atoms with Gasteiger partial charge in [-0.05, 0) is 30.7 Å². The third kappa shape index (κ3) is 3.21. The molecule has 3 rings (SSSR count). The summed E-state index contributed by atoms with van der Waals surface area (Å²) >= 11 is 1.56. The van der Waals surface area contributed by atoms with Gasteiger partial charge in [0.05, 0.1) is 24.5 Å². The van der Waals surface area contributed by atoms with Crippen molar-refractivity contribution in [1.82, 2.24) is 14.8 Å². The zero-order valence-corrected chi connectivity index (χ0v) is 14.5. The number of hydrogen-bond acceptors (Lipinski definition) is 6. The van der Waals surface area contributed by atoms with Gasteiger partial charge in [0.1, 0.15) is 5.76 Å². The molecular weight excluding hydrogens is 326 g/mol. The highest BCUT2D eigenvalue weighted by atomic mass is 32.2. The summed E-state index contributed by atoms with van der Waals surface area (Å²) in [4.78, 5) is 11.6. The first-order valence-corrected chi connectivity index (χ1v) is 8.32. The Kier molecular flexibility index (Phi) is 4.71. The molecule has 0 bridgehead atoms. The van der Waals surface area contributed by atoms with Crippen molar-refractivity contribution in [2.24, 2.45) is 7.05 Å². The first-order valence-electron chi connectivity index (χ1n) is 7.34. The monoisotopic (exact) mass is 343 g/mol. The predicted molar refractivity (Wildman–Crippen MR) is 90.8 cm³/mol. The number of benzene rings is 1. The molecule has 3 aromatic rings. The van der Waals surface area contributed by atoms with Crippen molar-refractivity contribution < 1.29 is 13.9 Å². The van der Waals surface area contributed by atoms with E-state index in [2.05, 4.69) is 10.2 Å². The van der Waals surface area contributed by atoms with Crippen LogP contribution in [-0.2, 0) is 17.5 Å². The minimum atomic E-state index is -0.335. The molecule has 1 aromatic carbocycles. The normalized spacial score (nSPS) is 10.8. The van der Waals surface area contributed by atoms with Crippen LogP contribution in [0.1, 0.15) is 21.7 Å². The van der Waals surface area contributed by atoms with Crippen molar-refractivity contribution in [3.63, 3.8) is 0 Å². The summed E-state index contributed by atoms with van der Waals surface area (Å²) in [5.74, 6) is 1.93. The van der Waals surface area contributed by atoms with Crippen LogP contribution in [0.3, 0.4) is 0 Å². The Labute approximate surface area is 143 Å². The molecule has 7 heteroatoms. The van der Waals surface area contributed by atoms with Gasteiger partial charge in [0.15, 0.2) is 11.0 Å². The number of esters is 1. The molecule has 2 aromatic heterocycles. The maximum atomic E-state index is 11.6. The smallest absolute Gasteiger partial charge is 0.337 e. The van der Waals surface area contributed by atoms with Crippen LogP contribution in [-0.4, -0.2) is 27.8 Å². The summed E-state index contributed by atoms with van der Waals surface area (Å²) < 4.78 is 12.0. The van der Waals surface area contributed by atoms with E-state index in [1.54, 1.807) is 24.1 Å². The molecule has 0 fully saturated rings. The fourth-order valence-corrected chi connectivity index (χ4v) is 3.20. The lowest BCUT2D eigenvalue weighted by Crippen LogP contribution is -2.01. The molecule has 0 atom stereocenters. The largest absolute Gasteiger partial charge is 0.469 e. The van der Waals surface area contributed by atoms with Crippen molar-refractivity contribution in [2.45, 2.75) is 17.8 Å². The number of methoxy groups -OCH3 is 1. The Morgan fingerprint density at radius 1 is 1.33 bits per heavy atom. The topological polar surface area (TPSA) is 70.2 Å². The summed E-state index contributed by atoms with van der Waals surface area (Å²) in [6.45, 7) is 1.90. The van der Waals surface area contributed by atoms with Gasteiger partial charge in [0.25, 0.3) is 0 Å². The van der Waals surface area contributed by atoms with Crippen LogP contribution in [0.5, 0.6) is 0 Å². The van der Waals surface area contributed by atoms with E-state index in [9.17, 15) is 4.79 Å². The van der Waals surface area contributed by atoms with Gasteiger partial charge in [-0.2, -0.15) is 0 Å². The summed E-state index contributed by atoms with van der Waals surface area (Å²) in [6.07, 6.45) is 1.64. The first kappa shape index (κ1) is 16.3. The third-order valence-corrected chi connectivity index (χ3v) is 4.74. The molecule has 24 heavy (non-hydrogen) atoms. The maximum absolute atomic E-state index is 11.6. The zero-order valence-electron chi connectivity index (χ0n) is 13.6. The van der Waals surface area contributed by atoms with Gasteiger partial charge in [-0.25, -0.2) is 4.79 Å². The molecule has 0 unspecified atom stereocenters. The molecular formula is C17H17N3O3S. The van der Waals surface area contributed by atoms with E-state index < -0.39 is 0 Å².